The van der Waals surface area contributed by atoms with Crippen molar-refractivity contribution in [3.8, 4) is 11.6 Å². The minimum Gasteiger partial charge on any atom is -0.438 e. The predicted molar refractivity (Wildman–Crippen MR) is 128 cm³/mol. The van der Waals surface area contributed by atoms with Gasteiger partial charge in [0.2, 0.25) is 11.8 Å². The molecule has 0 bridgehead atoms. The van der Waals surface area contributed by atoms with Gasteiger partial charge in [0.1, 0.15) is 18.2 Å². The van der Waals surface area contributed by atoms with E-state index in [1.807, 2.05) is 0 Å². The Morgan fingerprint density at radius 1 is 1.17 bits per heavy atom. The minimum absolute atomic E-state index is 0.0272. The number of nitrogens with zero attached hydrogens (tertiary/aromatic N) is 1. The number of pyridine rings is 1. The standard InChI is InChI=1S/C25H31FN2O6S/c1-33-16-24(30)28-19-11-9-17(10-12-19)5-3-8-23(29)22-13-18(26)15-27-25(22)34-20-6-4-7-21(14-20)35(2,31)32/h4,6-7,13-15,17,19H,3,5,8-12,16H2,1-2H3,(H,28,30). The highest BCUT2D eigenvalue weighted by Gasteiger charge is 2.23. The average molecular weight is 507 g/mol. The average Bonchev–Trinajstić information content (AvgIpc) is 2.81. The summed E-state index contributed by atoms with van der Waals surface area (Å²) in [6.07, 6.45) is 7.49. The molecule has 3 rings (SSSR count). The summed E-state index contributed by atoms with van der Waals surface area (Å²) >= 11 is 0. The smallest absolute Gasteiger partial charge is 0.246 e. The zero-order valence-corrected chi connectivity index (χ0v) is 20.8. The maximum Gasteiger partial charge on any atom is 0.246 e. The molecule has 0 spiro atoms. The highest BCUT2D eigenvalue weighted by molar-refractivity contribution is 7.90. The van der Waals surface area contributed by atoms with Crippen LogP contribution in [0, 0.1) is 11.7 Å². The molecular formula is C25H31FN2O6S. The fourth-order valence-corrected chi connectivity index (χ4v) is 4.93. The van der Waals surface area contributed by atoms with Crippen molar-refractivity contribution in [3.05, 3.63) is 47.9 Å². The molecule has 0 aliphatic heterocycles. The number of ketones is 1. The SMILES string of the molecule is COCC(=O)NC1CCC(CCCC(=O)c2cc(F)cnc2Oc2cccc(S(C)(=O)=O)c2)CC1. The minimum atomic E-state index is -3.44. The van der Waals surface area contributed by atoms with Crippen LogP contribution in [0.4, 0.5) is 4.39 Å². The van der Waals surface area contributed by atoms with E-state index in [2.05, 4.69) is 10.3 Å². The van der Waals surface area contributed by atoms with Crippen LogP contribution in [0.15, 0.2) is 41.4 Å². The Bertz CT molecular complexity index is 1150. The van der Waals surface area contributed by atoms with E-state index >= 15 is 0 Å². The van der Waals surface area contributed by atoms with Crippen molar-refractivity contribution in [3.63, 3.8) is 0 Å². The topological polar surface area (TPSA) is 112 Å². The Hall–Kier alpha value is -2.85. The van der Waals surface area contributed by atoms with Crippen molar-refractivity contribution >= 4 is 21.5 Å². The van der Waals surface area contributed by atoms with Crippen LogP contribution in [-0.4, -0.2) is 51.1 Å². The molecule has 0 atom stereocenters. The Morgan fingerprint density at radius 3 is 2.60 bits per heavy atom. The van der Waals surface area contributed by atoms with Gasteiger partial charge < -0.3 is 14.8 Å². The van der Waals surface area contributed by atoms with E-state index in [1.165, 1.54) is 25.3 Å². The fraction of sp³-hybridized carbons (Fsp3) is 0.480. The van der Waals surface area contributed by atoms with Gasteiger partial charge >= 0.3 is 0 Å². The molecule has 1 amide bonds. The first kappa shape index (κ1) is 26.7. The van der Waals surface area contributed by atoms with Gasteiger partial charge in [-0.15, -0.1) is 0 Å². The first-order valence-electron chi connectivity index (χ1n) is 11.6. The summed E-state index contributed by atoms with van der Waals surface area (Å²) in [5, 5.41) is 2.97. The number of methoxy groups -OCH3 is 1. The molecule has 1 aliphatic rings. The molecule has 35 heavy (non-hydrogen) atoms. The molecule has 0 radical (unpaired) electrons. The number of carbonyl (C=O) groups is 2. The summed E-state index contributed by atoms with van der Waals surface area (Å²) < 4.78 is 48.0. The molecule has 1 aromatic heterocycles. The highest BCUT2D eigenvalue weighted by atomic mass is 32.2. The van der Waals surface area contributed by atoms with E-state index < -0.39 is 15.7 Å². The van der Waals surface area contributed by atoms with E-state index in [0.717, 1.165) is 50.6 Å². The van der Waals surface area contributed by atoms with Crippen molar-refractivity contribution in [2.45, 2.75) is 55.9 Å². The molecule has 190 valence electrons. The number of hydrogen-bond acceptors (Lipinski definition) is 7. The van der Waals surface area contributed by atoms with E-state index in [-0.39, 0.29) is 52.8 Å². The number of Topliss-reactive ketones (excluding diaryl/α,β-unsaturated/α-hetero) is 1. The maximum absolute atomic E-state index is 13.9. The Morgan fingerprint density at radius 2 is 1.91 bits per heavy atom. The van der Waals surface area contributed by atoms with Gasteiger partial charge in [0.25, 0.3) is 0 Å². The van der Waals surface area contributed by atoms with Gasteiger partial charge in [0.05, 0.1) is 16.7 Å². The van der Waals surface area contributed by atoms with E-state index in [1.54, 1.807) is 6.07 Å². The molecule has 8 nitrogen and oxygen atoms in total. The maximum atomic E-state index is 13.9. The molecule has 1 aliphatic carbocycles. The number of sulfone groups is 1. The lowest BCUT2D eigenvalue weighted by Gasteiger charge is -2.29. The van der Waals surface area contributed by atoms with Gasteiger partial charge in [-0.05, 0) is 62.3 Å². The summed E-state index contributed by atoms with van der Waals surface area (Å²) in [5.41, 5.74) is 0.0272. The number of hydrogen-bond donors (Lipinski definition) is 1. The third-order valence-electron chi connectivity index (χ3n) is 6.07. The molecule has 0 unspecified atom stereocenters. The van der Waals surface area contributed by atoms with Gasteiger partial charge in [-0.2, -0.15) is 0 Å². The van der Waals surface area contributed by atoms with E-state index in [0.29, 0.717) is 12.3 Å². The monoisotopic (exact) mass is 506 g/mol. The van der Waals surface area contributed by atoms with Crippen molar-refractivity contribution in [1.29, 1.82) is 0 Å². The number of ether oxygens (including phenoxy) is 2. The molecule has 0 saturated heterocycles. The summed E-state index contributed by atoms with van der Waals surface area (Å²) in [6, 6.07) is 7.10. The lowest BCUT2D eigenvalue weighted by molar-refractivity contribution is -0.125. The van der Waals surface area contributed by atoms with Crippen molar-refractivity contribution in [2.24, 2.45) is 5.92 Å². The number of nitrogens with one attached hydrogen (secondary N) is 1. The molecule has 1 N–H and O–H groups in total. The Balaban J connectivity index is 1.55. The molecule has 2 aromatic rings. The van der Waals surface area contributed by atoms with Crippen LogP contribution in [0.5, 0.6) is 11.6 Å². The normalized spacial score (nSPS) is 18.1. The van der Waals surface area contributed by atoms with Gasteiger partial charge in [0.15, 0.2) is 15.6 Å². The number of rotatable bonds is 11. The van der Waals surface area contributed by atoms with Crippen LogP contribution in [0.25, 0.3) is 0 Å². The van der Waals surface area contributed by atoms with Crippen molar-refractivity contribution in [1.82, 2.24) is 10.3 Å². The highest BCUT2D eigenvalue weighted by Crippen LogP contribution is 2.30. The Labute approximate surface area is 205 Å². The van der Waals surface area contributed by atoms with Crippen LogP contribution in [0.1, 0.15) is 55.3 Å². The number of halogens is 1. The molecule has 1 aromatic carbocycles. The lowest BCUT2D eigenvalue weighted by Crippen LogP contribution is -2.39. The summed E-state index contributed by atoms with van der Waals surface area (Å²) in [7, 11) is -1.95. The second-order valence-corrected chi connectivity index (χ2v) is 10.9. The van der Waals surface area contributed by atoms with E-state index in [9.17, 15) is 22.4 Å². The predicted octanol–water partition coefficient (Wildman–Crippen LogP) is 4.09. The molecular weight excluding hydrogens is 475 g/mol. The van der Waals surface area contributed by atoms with Gasteiger partial charge in [0, 0.05) is 25.8 Å². The number of amides is 1. The van der Waals surface area contributed by atoms with Gasteiger partial charge in [-0.3, -0.25) is 9.59 Å². The molecule has 1 fully saturated rings. The number of aromatic nitrogens is 1. The van der Waals surface area contributed by atoms with Crippen molar-refractivity contribution < 1.29 is 31.9 Å². The second-order valence-electron chi connectivity index (χ2n) is 8.89. The summed E-state index contributed by atoms with van der Waals surface area (Å²) in [4.78, 5) is 28.5. The summed E-state index contributed by atoms with van der Waals surface area (Å²) in [6.45, 7) is 0.0613. The third-order valence-corrected chi connectivity index (χ3v) is 7.18. The molecule has 1 heterocycles. The van der Waals surface area contributed by atoms with Crippen LogP contribution in [0.3, 0.4) is 0 Å². The largest absolute Gasteiger partial charge is 0.438 e. The van der Waals surface area contributed by atoms with Crippen LogP contribution in [0.2, 0.25) is 0 Å². The Kier molecular flexibility index (Phi) is 9.33. The summed E-state index contributed by atoms with van der Waals surface area (Å²) in [5.74, 6) is -0.444. The fourth-order valence-electron chi connectivity index (χ4n) is 4.27. The third kappa shape index (κ3) is 8.10. The van der Waals surface area contributed by atoms with Crippen LogP contribution < -0.4 is 10.1 Å². The van der Waals surface area contributed by atoms with Crippen molar-refractivity contribution in [2.75, 3.05) is 20.0 Å². The van der Waals surface area contributed by atoms with E-state index in [4.69, 9.17) is 9.47 Å². The quantitative estimate of drug-likeness (QED) is 0.457. The molecule has 10 heteroatoms. The second kappa shape index (κ2) is 12.2. The van der Waals surface area contributed by atoms with Gasteiger partial charge in [-0.25, -0.2) is 17.8 Å². The van der Waals surface area contributed by atoms with Crippen LogP contribution >= 0.6 is 0 Å². The van der Waals surface area contributed by atoms with Gasteiger partial charge in [-0.1, -0.05) is 12.5 Å². The number of benzene rings is 1. The first-order chi connectivity index (χ1) is 16.7. The first-order valence-corrected chi connectivity index (χ1v) is 13.5. The zero-order chi connectivity index (χ0) is 25.4. The lowest BCUT2D eigenvalue weighted by atomic mass is 9.83. The molecule has 1 saturated carbocycles. The number of carbonyl (C=O) groups excluding carboxylic acids is 2. The van der Waals surface area contributed by atoms with Crippen LogP contribution in [-0.2, 0) is 19.4 Å². The zero-order valence-electron chi connectivity index (χ0n) is 20.0.